The minimum Gasteiger partial charge on any atom is -0.507 e. The zero-order chi connectivity index (χ0) is 20.5. The molecule has 0 aliphatic heterocycles. The molecular weight excluding hydrogens is 361 g/mol. The Balaban J connectivity index is 2.10. The van der Waals surface area contributed by atoms with Gasteiger partial charge in [-0.05, 0) is 0 Å². The van der Waals surface area contributed by atoms with Gasteiger partial charge in [-0.2, -0.15) is 0 Å². The van der Waals surface area contributed by atoms with Gasteiger partial charge < -0.3 is 9.84 Å². The summed E-state index contributed by atoms with van der Waals surface area (Å²) in [6, 6.07) is 1.68. The van der Waals surface area contributed by atoms with E-state index in [4.69, 9.17) is 20.4 Å². The standard InChI is InChI=1S/C18H15B2FN4O3/c1-10(2)16-23-3-4-25(16)17-13(7-22-9-24-17)18(19,20)28-15-6-11(21)5-14(27)12(15)8-26/h3-10,27H,1-2H3. The SMILES string of the molecule is [B]C([B])(Oc1cc(F)cc(O)c1C=O)c1cncnc1-n1ccnc1C(C)C. The van der Waals surface area contributed by atoms with Crippen LogP contribution in [-0.4, -0.2) is 46.6 Å². The lowest BCUT2D eigenvalue weighted by atomic mass is 9.61. The van der Waals surface area contributed by atoms with Crippen molar-refractivity contribution in [3.05, 3.63) is 59.8 Å². The maximum absolute atomic E-state index is 13.7. The molecule has 2 heterocycles. The van der Waals surface area contributed by atoms with Crippen molar-refractivity contribution in [3.63, 3.8) is 0 Å². The van der Waals surface area contributed by atoms with Crippen LogP contribution in [-0.2, 0) is 5.40 Å². The third-order valence-electron chi connectivity index (χ3n) is 4.01. The van der Waals surface area contributed by atoms with Gasteiger partial charge in [0.1, 0.15) is 51.0 Å². The minimum atomic E-state index is -2.05. The number of phenolic OH excluding ortho intramolecular Hbond substituents is 1. The fraction of sp³-hybridized carbons (Fsp3) is 0.222. The molecule has 0 bridgehead atoms. The highest BCUT2D eigenvalue weighted by molar-refractivity contribution is 6.39. The molecule has 0 aliphatic rings. The summed E-state index contributed by atoms with van der Waals surface area (Å²) in [7, 11) is 12.3. The lowest BCUT2D eigenvalue weighted by Crippen LogP contribution is -2.36. The summed E-state index contributed by atoms with van der Waals surface area (Å²) in [6.07, 6.45) is 6.26. The van der Waals surface area contributed by atoms with Crippen molar-refractivity contribution in [2.45, 2.75) is 25.2 Å². The van der Waals surface area contributed by atoms with E-state index < -0.39 is 17.0 Å². The monoisotopic (exact) mass is 376 g/mol. The lowest BCUT2D eigenvalue weighted by molar-refractivity contribution is 0.111. The summed E-state index contributed by atoms with van der Waals surface area (Å²) in [5.74, 6) is -0.646. The van der Waals surface area contributed by atoms with Crippen molar-refractivity contribution >= 4 is 22.0 Å². The predicted octanol–water partition coefficient (Wildman–Crippen LogP) is 1.97. The average molecular weight is 376 g/mol. The van der Waals surface area contributed by atoms with E-state index in [0.29, 0.717) is 17.9 Å². The van der Waals surface area contributed by atoms with E-state index in [1.165, 1.54) is 12.5 Å². The highest BCUT2D eigenvalue weighted by Crippen LogP contribution is 2.33. The van der Waals surface area contributed by atoms with Crippen LogP contribution < -0.4 is 4.74 Å². The quantitative estimate of drug-likeness (QED) is 0.523. The number of nitrogens with zero attached hydrogens (tertiary/aromatic N) is 4. The summed E-state index contributed by atoms with van der Waals surface area (Å²) in [5, 5.41) is 7.72. The van der Waals surface area contributed by atoms with E-state index in [1.807, 2.05) is 13.8 Å². The molecule has 10 heteroatoms. The number of carbonyl (C=O) groups excluding carboxylic acids is 1. The van der Waals surface area contributed by atoms with Gasteiger partial charge in [-0.1, -0.05) is 13.8 Å². The maximum atomic E-state index is 13.7. The van der Waals surface area contributed by atoms with Gasteiger partial charge in [-0.25, -0.2) is 19.3 Å². The van der Waals surface area contributed by atoms with Crippen LogP contribution in [0.1, 0.15) is 41.5 Å². The van der Waals surface area contributed by atoms with Crippen LogP contribution in [0.4, 0.5) is 4.39 Å². The van der Waals surface area contributed by atoms with Gasteiger partial charge in [0, 0.05) is 42.2 Å². The van der Waals surface area contributed by atoms with Crippen molar-refractivity contribution in [1.29, 1.82) is 0 Å². The molecule has 0 saturated carbocycles. The Bertz CT molecular complexity index is 1020. The first-order valence-corrected chi connectivity index (χ1v) is 8.33. The minimum absolute atomic E-state index is 0.0746. The second kappa shape index (κ2) is 7.46. The highest BCUT2D eigenvalue weighted by Gasteiger charge is 2.29. The number of imidazole rings is 1. The summed E-state index contributed by atoms with van der Waals surface area (Å²) < 4.78 is 20.9. The van der Waals surface area contributed by atoms with Gasteiger partial charge >= 0.3 is 0 Å². The zero-order valence-corrected chi connectivity index (χ0v) is 15.2. The molecule has 0 saturated heterocycles. The zero-order valence-electron chi connectivity index (χ0n) is 15.2. The molecule has 0 spiro atoms. The normalized spacial score (nSPS) is 11.6. The fourth-order valence-corrected chi connectivity index (χ4v) is 2.73. The molecule has 138 valence electrons. The van der Waals surface area contributed by atoms with Crippen LogP contribution >= 0.6 is 0 Å². The van der Waals surface area contributed by atoms with Gasteiger partial charge in [-0.15, -0.1) is 0 Å². The molecule has 0 amide bonds. The summed E-state index contributed by atoms with van der Waals surface area (Å²) in [4.78, 5) is 23.7. The van der Waals surface area contributed by atoms with Gasteiger partial charge in [0.2, 0.25) is 0 Å². The molecule has 0 atom stereocenters. The first-order valence-electron chi connectivity index (χ1n) is 8.33. The number of carbonyl (C=O) groups is 1. The molecular formula is C18H15B2FN4O3. The number of aromatic hydroxyl groups is 1. The van der Waals surface area contributed by atoms with Gasteiger partial charge in [0.15, 0.2) is 6.29 Å². The second-order valence-electron chi connectivity index (χ2n) is 6.42. The van der Waals surface area contributed by atoms with Gasteiger partial charge in [0.25, 0.3) is 0 Å². The molecule has 3 rings (SSSR count). The van der Waals surface area contributed by atoms with Crippen LogP contribution in [0, 0.1) is 5.82 Å². The maximum Gasteiger partial charge on any atom is 0.157 e. The number of hydrogen-bond donors (Lipinski definition) is 1. The van der Waals surface area contributed by atoms with Crippen molar-refractivity contribution < 1.29 is 19.0 Å². The average Bonchev–Trinajstić information content (AvgIpc) is 3.11. The second-order valence-corrected chi connectivity index (χ2v) is 6.42. The summed E-state index contributed by atoms with van der Waals surface area (Å²) in [5.41, 5.74) is -0.124. The molecule has 3 aromatic rings. The van der Waals surface area contributed by atoms with Crippen molar-refractivity contribution in [3.8, 4) is 17.3 Å². The van der Waals surface area contributed by atoms with E-state index >= 15 is 0 Å². The van der Waals surface area contributed by atoms with Gasteiger partial charge in [0.05, 0.1) is 11.0 Å². The number of aldehydes is 1. The molecule has 1 N–H and O–H groups in total. The molecule has 0 fully saturated rings. The number of ether oxygens (including phenoxy) is 1. The largest absolute Gasteiger partial charge is 0.507 e. The predicted molar refractivity (Wildman–Crippen MR) is 101 cm³/mol. The first-order chi connectivity index (χ1) is 13.2. The van der Waals surface area contributed by atoms with Crippen molar-refractivity contribution in [2.75, 3.05) is 0 Å². The van der Waals surface area contributed by atoms with Crippen LogP contribution in [0.3, 0.4) is 0 Å². The fourth-order valence-electron chi connectivity index (χ4n) is 2.73. The lowest BCUT2D eigenvalue weighted by Gasteiger charge is -2.30. The molecule has 0 unspecified atom stereocenters. The number of phenols is 1. The Morgan fingerprint density at radius 2 is 2.07 bits per heavy atom. The third kappa shape index (κ3) is 3.62. The summed E-state index contributed by atoms with van der Waals surface area (Å²) in [6.45, 7) is 3.92. The topological polar surface area (TPSA) is 90.1 Å². The molecule has 28 heavy (non-hydrogen) atoms. The Labute approximate surface area is 163 Å². The molecule has 0 aliphatic carbocycles. The van der Waals surface area contributed by atoms with E-state index in [1.54, 1.807) is 17.0 Å². The molecule has 7 nitrogen and oxygen atoms in total. The molecule has 2 aromatic heterocycles. The smallest absolute Gasteiger partial charge is 0.157 e. The van der Waals surface area contributed by atoms with Crippen LogP contribution in [0.2, 0.25) is 0 Å². The number of rotatable bonds is 6. The van der Waals surface area contributed by atoms with E-state index in [9.17, 15) is 14.3 Å². The number of aromatic nitrogens is 4. The number of hydrogen-bond acceptors (Lipinski definition) is 6. The van der Waals surface area contributed by atoms with Gasteiger partial charge in [-0.3, -0.25) is 9.36 Å². The third-order valence-corrected chi connectivity index (χ3v) is 4.01. The Kier molecular flexibility index (Phi) is 5.22. The van der Waals surface area contributed by atoms with E-state index in [2.05, 4.69) is 15.0 Å². The molecule has 4 radical (unpaired) electrons. The number of benzene rings is 1. The number of halogens is 1. The van der Waals surface area contributed by atoms with Crippen LogP contribution in [0.15, 0.2) is 37.1 Å². The molecule has 1 aromatic carbocycles. The van der Waals surface area contributed by atoms with E-state index in [-0.39, 0.29) is 22.8 Å². The van der Waals surface area contributed by atoms with Crippen LogP contribution in [0.5, 0.6) is 11.5 Å². The Morgan fingerprint density at radius 1 is 1.32 bits per heavy atom. The van der Waals surface area contributed by atoms with Crippen LogP contribution in [0.25, 0.3) is 5.82 Å². The van der Waals surface area contributed by atoms with E-state index in [0.717, 1.165) is 12.1 Å². The Hall–Kier alpha value is -3.16. The summed E-state index contributed by atoms with van der Waals surface area (Å²) >= 11 is 0. The Morgan fingerprint density at radius 3 is 2.75 bits per heavy atom. The highest BCUT2D eigenvalue weighted by atomic mass is 19.1. The van der Waals surface area contributed by atoms with Crippen molar-refractivity contribution in [2.24, 2.45) is 0 Å². The van der Waals surface area contributed by atoms with Crippen molar-refractivity contribution in [1.82, 2.24) is 19.5 Å². The first kappa shape index (κ1) is 19.6.